The van der Waals surface area contributed by atoms with Gasteiger partial charge in [0.05, 0.1) is 28.5 Å². The summed E-state index contributed by atoms with van der Waals surface area (Å²) in [6.45, 7) is 0.939. The van der Waals surface area contributed by atoms with Crippen LogP contribution in [0.3, 0.4) is 0 Å². The van der Waals surface area contributed by atoms with Crippen LogP contribution < -0.4 is 5.32 Å². The van der Waals surface area contributed by atoms with Gasteiger partial charge >= 0.3 is 0 Å². The van der Waals surface area contributed by atoms with E-state index in [-0.39, 0.29) is 6.04 Å². The zero-order valence-electron chi connectivity index (χ0n) is 7.83. The second kappa shape index (κ2) is 3.59. The number of hydrogen-bond acceptors (Lipinski definition) is 4. The molecule has 78 valence electrons. The molecule has 1 atom stereocenters. The van der Waals surface area contributed by atoms with Gasteiger partial charge < -0.3 is 10.3 Å². The van der Waals surface area contributed by atoms with Gasteiger partial charge in [-0.15, -0.1) is 11.3 Å². The first-order chi connectivity index (χ1) is 7.36. The number of imidazole rings is 1. The van der Waals surface area contributed by atoms with Crippen LogP contribution in [0.2, 0.25) is 5.15 Å². The molecule has 3 heterocycles. The van der Waals surface area contributed by atoms with Crippen molar-refractivity contribution < 1.29 is 0 Å². The zero-order valence-corrected chi connectivity index (χ0v) is 9.40. The molecule has 2 N–H and O–H groups in total. The van der Waals surface area contributed by atoms with Gasteiger partial charge in [-0.3, -0.25) is 0 Å². The van der Waals surface area contributed by atoms with Crippen molar-refractivity contribution in [2.75, 3.05) is 6.54 Å². The van der Waals surface area contributed by atoms with Crippen molar-refractivity contribution in [1.82, 2.24) is 20.3 Å². The molecule has 0 aromatic carbocycles. The smallest absolute Gasteiger partial charge is 0.145 e. The Morgan fingerprint density at radius 3 is 3.20 bits per heavy atom. The summed E-state index contributed by atoms with van der Waals surface area (Å²) in [4.78, 5) is 12.6. The van der Waals surface area contributed by atoms with E-state index in [4.69, 9.17) is 11.6 Å². The van der Waals surface area contributed by atoms with Gasteiger partial charge in [0, 0.05) is 18.7 Å². The van der Waals surface area contributed by atoms with Gasteiger partial charge in [-0.25, -0.2) is 9.97 Å². The van der Waals surface area contributed by atoms with Crippen LogP contribution in [0.1, 0.15) is 22.3 Å². The molecule has 0 spiro atoms. The number of rotatable bonds is 1. The number of nitrogens with zero attached hydrogens (tertiary/aromatic N) is 2. The molecule has 15 heavy (non-hydrogen) atoms. The summed E-state index contributed by atoms with van der Waals surface area (Å²) < 4.78 is 0. The van der Waals surface area contributed by atoms with Crippen LogP contribution >= 0.6 is 22.9 Å². The normalized spacial score (nSPS) is 20.2. The van der Waals surface area contributed by atoms with E-state index in [9.17, 15) is 0 Å². The Labute approximate surface area is 95.7 Å². The molecule has 4 nitrogen and oxygen atoms in total. The Balaban J connectivity index is 2.07. The van der Waals surface area contributed by atoms with E-state index in [0.717, 1.165) is 23.5 Å². The molecule has 6 heteroatoms. The maximum Gasteiger partial charge on any atom is 0.145 e. The topological polar surface area (TPSA) is 53.6 Å². The fourth-order valence-electron chi connectivity index (χ4n) is 1.86. The first kappa shape index (κ1) is 9.33. The number of nitrogens with one attached hydrogen (secondary N) is 2. The van der Waals surface area contributed by atoms with E-state index in [0.29, 0.717) is 5.15 Å². The highest BCUT2D eigenvalue weighted by Crippen LogP contribution is 2.32. The average molecular weight is 241 g/mol. The highest BCUT2D eigenvalue weighted by Gasteiger charge is 2.26. The lowest BCUT2D eigenvalue weighted by molar-refractivity contribution is 0.559. The molecule has 1 aliphatic rings. The first-order valence-corrected chi connectivity index (χ1v) is 5.96. The third-order valence-corrected chi connectivity index (χ3v) is 3.87. The maximum atomic E-state index is 6.03. The molecular formula is C9H9ClN4S. The van der Waals surface area contributed by atoms with Crippen molar-refractivity contribution >= 4 is 22.9 Å². The highest BCUT2D eigenvalue weighted by molar-refractivity contribution is 7.10. The highest BCUT2D eigenvalue weighted by atomic mass is 35.5. The Morgan fingerprint density at radius 2 is 2.40 bits per heavy atom. The van der Waals surface area contributed by atoms with Crippen LogP contribution in [0.5, 0.6) is 0 Å². The van der Waals surface area contributed by atoms with Crippen molar-refractivity contribution in [2.24, 2.45) is 0 Å². The zero-order chi connectivity index (χ0) is 10.3. The second-order valence-corrected chi connectivity index (χ2v) is 4.66. The van der Waals surface area contributed by atoms with Crippen LogP contribution in [-0.2, 0) is 6.42 Å². The summed E-state index contributed by atoms with van der Waals surface area (Å²) in [5, 5.41) is 3.99. The maximum absolute atomic E-state index is 6.03. The molecule has 0 radical (unpaired) electrons. The minimum absolute atomic E-state index is 0.0972. The molecule has 0 saturated carbocycles. The van der Waals surface area contributed by atoms with Crippen LogP contribution in [-0.4, -0.2) is 21.5 Å². The van der Waals surface area contributed by atoms with Gasteiger partial charge in [-0.2, -0.15) is 0 Å². The predicted octanol–water partition coefficient (Wildman–Crippen LogP) is 1.75. The van der Waals surface area contributed by atoms with Gasteiger partial charge in [-0.1, -0.05) is 11.6 Å². The fourth-order valence-corrected chi connectivity index (χ4v) is 2.97. The largest absolute Gasteiger partial charge is 0.348 e. The van der Waals surface area contributed by atoms with E-state index in [1.165, 1.54) is 5.69 Å². The first-order valence-electron chi connectivity index (χ1n) is 4.70. The van der Waals surface area contributed by atoms with Crippen LogP contribution in [0.25, 0.3) is 0 Å². The summed E-state index contributed by atoms with van der Waals surface area (Å²) in [7, 11) is 0. The van der Waals surface area contributed by atoms with Crippen LogP contribution in [0.4, 0.5) is 0 Å². The van der Waals surface area contributed by atoms with Gasteiger partial charge in [0.1, 0.15) is 5.15 Å². The predicted molar refractivity (Wildman–Crippen MR) is 59.3 cm³/mol. The standard InChI is InChI=1S/C9H9ClN4S/c10-9-8(15-4-14-9)7-6-5(1-2-11-7)12-3-13-6/h3-4,7,11H,1-2H2,(H,12,13). The number of hydrogen-bond donors (Lipinski definition) is 2. The van der Waals surface area contributed by atoms with Gasteiger partial charge in [-0.05, 0) is 0 Å². The average Bonchev–Trinajstić information content (AvgIpc) is 2.85. The lowest BCUT2D eigenvalue weighted by atomic mass is 10.0. The minimum Gasteiger partial charge on any atom is -0.348 e. The molecule has 0 fully saturated rings. The number of aromatic nitrogens is 3. The molecular weight excluding hydrogens is 232 g/mol. The molecule has 0 aliphatic carbocycles. The summed E-state index contributed by atoms with van der Waals surface area (Å²) in [5.41, 5.74) is 4.01. The van der Waals surface area contributed by atoms with Crippen LogP contribution in [0, 0.1) is 0 Å². The molecule has 0 saturated heterocycles. The molecule has 2 aromatic rings. The van der Waals surface area contributed by atoms with E-state index < -0.39 is 0 Å². The molecule has 0 bridgehead atoms. The Kier molecular flexibility index (Phi) is 2.23. The molecule has 3 rings (SSSR count). The lowest BCUT2D eigenvalue weighted by Gasteiger charge is -2.21. The monoisotopic (exact) mass is 240 g/mol. The number of fused-ring (bicyclic) bond motifs is 1. The van der Waals surface area contributed by atoms with E-state index >= 15 is 0 Å². The quantitative estimate of drug-likeness (QED) is 0.799. The van der Waals surface area contributed by atoms with Crippen molar-refractivity contribution in [3.63, 3.8) is 0 Å². The van der Waals surface area contributed by atoms with Crippen molar-refractivity contribution in [2.45, 2.75) is 12.5 Å². The van der Waals surface area contributed by atoms with E-state index in [1.54, 1.807) is 23.2 Å². The second-order valence-electron chi connectivity index (χ2n) is 3.41. The summed E-state index contributed by atoms with van der Waals surface area (Å²) in [6, 6.07) is 0.0972. The lowest BCUT2D eigenvalue weighted by Crippen LogP contribution is -2.30. The van der Waals surface area contributed by atoms with Gasteiger partial charge in [0.2, 0.25) is 0 Å². The summed E-state index contributed by atoms with van der Waals surface area (Å²) in [6.07, 6.45) is 2.72. The van der Waals surface area contributed by atoms with Crippen LogP contribution in [0.15, 0.2) is 11.8 Å². The van der Waals surface area contributed by atoms with Gasteiger partial charge in [0.25, 0.3) is 0 Å². The molecule has 2 aromatic heterocycles. The summed E-state index contributed by atoms with van der Waals surface area (Å²) >= 11 is 7.59. The van der Waals surface area contributed by atoms with E-state index in [2.05, 4.69) is 20.3 Å². The fraction of sp³-hybridized carbons (Fsp3) is 0.333. The van der Waals surface area contributed by atoms with E-state index in [1.807, 2.05) is 0 Å². The third-order valence-electron chi connectivity index (χ3n) is 2.56. The molecule has 1 unspecified atom stereocenters. The Hall–Kier alpha value is -0.910. The molecule has 0 amide bonds. The molecule has 1 aliphatic heterocycles. The number of H-pyrrole nitrogens is 1. The van der Waals surface area contributed by atoms with Crippen molar-refractivity contribution in [3.8, 4) is 0 Å². The van der Waals surface area contributed by atoms with Crippen molar-refractivity contribution in [1.29, 1.82) is 0 Å². The third kappa shape index (κ3) is 1.47. The van der Waals surface area contributed by atoms with Gasteiger partial charge in [0.15, 0.2) is 0 Å². The van der Waals surface area contributed by atoms with Crippen molar-refractivity contribution in [3.05, 3.63) is 33.3 Å². The minimum atomic E-state index is 0.0972. The SMILES string of the molecule is Clc1ncsc1C1NCCc2[nH]cnc21. The number of halogens is 1. The Bertz CT molecular complexity index is 478. The Morgan fingerprint density at radius 1 is 1.47 bits per heavy atom. The number of thiazole rings is 1. The summed E-state index contributed by atoms with van der Waals surface area (Å²) in [5.74, 6) is 0. The number of aromatic amines is 1.